The molecule has 1 aromatic carbocycles. The Kier molecular flexibility index (Phi) is 3.63. The molecule has 1 aliphatic heterocycles. The molecule has 0 bridgehead atoms. The van der Waals surface area contributed by atoms with Crippen molar-refractivity contribution in [2.45, 2.75) is 12.5 Å². The molecule has 110 valence electrons. The summed E-state index contributed by atoms with van der Waals surface area (Å²) in [6, 6.07) is 9.36. The minimum atomic E-state index is -2.92. The average Bonchev–Trinajstić information content (AvgIpc) is 3.04. The smallest absolute Gasteiger partial charge is 0.152 e. The van der Waals surface area contributed by atoms with Gasteiger partial charge in [-0.25, -0.2) is 12.8 Å². The fraction of sp³-hybridized carbons (Fsp3) is 0.267. The second-order valence-electron chi connectivity index (χ2n) is 5.04. The van der Waals surface area contributed by atoms with Crippen LogP contribution < -0.4 is 0 Å². The van der Waals surface area contributed by atoms with E-state index in [2.05, 4.69) is 4.99 Å². The molecule has 0 aliphatic carbocycles. The summed E-state index contributed by atoms with van der Waals surface area (Å²) in [5.74, 6) is 1.19. The lowest BCUT2D eigenvalue weighted by molar-refractivity contribution is 0.573. The first-order valence-electron chi connectivity index (χ1n) is 6.61. The van der Waals surface area contributed by atoms with Crippen molar-refractivity contribution in [2.75, 3.05) is 11.5 Å². The number of nitrogens with zero attached hydrogens (tertiary/aromatic N) is 1. The Hall–Kier alpha value is -1.95. The van der Waals surface area contributed by atoms with E-state index in [1.807, 2.05) is 0 Å². The van der Waals surface area contributed by atoms with E-state index < -0.39 is 9.84 Å². The van der Waals surface area contributed by atoms with Crippen molar-refractivity contribution in [3.63, 3.8) is 0 Å². The third-order valence-corrected chi connectivity index (χ3v) is 5.13. The number of halogens is 1. The van der Waals surface area contributed by atoms with Gasteiger partial charge >= 0.3 is 0 Å². The van der Waals surface area contributed by atoms with E-state index in [4.69, 9.17) is 4.42 Å². The Morgan fingerprint density at radius 3 is 2.62 bits per heavy atom. The molecule has 21 heavy (non-hydrogen) atoms. The highest BCUT2D eigenvalue weighted by Crippen LogP contribution is 2.22. The lowest BCUT2D eigenvalue weighted by atomic mass is 10.2. The normalized spacial score (nSPS) is 21.1. The van der Waals surface area contributed by atoms with Gasteiger partial charge in [0, 0.05) is 5.56 Å². The van der Waals surface area contributed by atoms with Crippen molar-refractivity contribution in [1.29, 1.82) is 0 Å². The predicted molar refractivity (Wildman–Crippen MR) is 78.8 cm³/mol. The molecule has 2 aromatic rings. The van der Waals surface area contributed by atoms with E-state index in [0.29, 0.717) is 17.9 Å². The topological polar surface area (TPSA) is 59.6 Å². The molecule has 2 heterocycles. The quantitative estimate of drug-likeness (QED) is 0.819. The van der Waals surface area contributed by atoms with Crippen LogP contribution in [0.5, 0.6) is 0 Å². The molecular formula is C15H14FNO3S. The van der Waals surface area contributed by atoms with Gasteiger partial charge in [-0.05, 0) is 42.8 Å². The highest BCUT2D eigenvalue weighted by molar-refractivity contribution is 7.91. The summed E-state index contributed by atoms with van der Waals surface area (Å²) in [7, 11) is -2.92. The molecule has 0 unspecified atom stereocenters. The SMILES string of the molecule is O=S1(=O)CC[C@@H](N=Cc2ccc(-c3ccc(F)cc3)o2)C1. The number of rotatable bonds is 3. The van der Waals surface area contributed by atoms with Crippen molar-refractivity contribution in [3.8, 4) is 11.3 Å². The zero-order valence-electron chi connectivity index (χ0n) is 11.2. The molecular weight excluding hydrogens is 293 g/mol. The summed E-state index contributed by atoms with van der Waals surface area (Å²) in [5, 5.41) is 0. The maximum absolute atomic E-state index is 12.9. The first kappa shape index (κ1) is 14.0. The third kappa shape index (κ3) is 3.39. The maximum Gasteiger partial charge on any atom is 0.152 e. The van der Waals surface area contributed by atoms with Crippen LogP contribution in [-0.4, -0.2) is 32.2 Å². The first-order valence-corrected chi connectivity index (χ1v) is 8.43. The number of furan rings is 1. The summed E-state index contributed by atoms with van der Waals surface area (Å²) < 4.78 is 41.1. The van der Waals surface area contributed by atoms with Gasteiger partial charge in [0.2, 0.25) is 0 Å². The van der Waals surface area contributed by atoms with Crippen molar-refractivity contribution >= 4 is 16.1 Å². The van der Waals surface area contributed by atoms with Crippen LogP contribution in [0.3, 0.4) is 0 Å². The molecule has 6 heteroatoms. The molecule has 1 fully saturated rings. The van der Waals surface area contributed by atoms with Crippen molar-refractivity contribution in [2.24, 2.45) is 4.99 Å². The van der Waals surface area contributed by atoms with Gasteiger partial charge in [-0.15, -0.1) is 0 Å². The second kappa shape index (κ2) is 5.44. The Morgan fingerprint density at radius 1 is 1.19 bits per heavy atom. The molecule has 1 saturated heterocycles. The van der Waals surface area contributed by atoms with Gasteiger partial charge in [0.15, 0.2) is 9.84 Å². The summed E-state index contributed by atoms with van der Waals surface area (Å²) >= 11 is 0. The molecule has 0 amide bonds. The Labute approximate surface area is 122 Å². The molecule has 0 N–H and O–H groups in total. The minimum absolute atomic E-state index is 0.106. The maximum atomic E-state index is 12.9. The van der Waals surface area contributed by atoms with Crippen molar-refractivity contribution < 1.29 is 17.2 Å². The summed E-state index contributed by atoms with van der Waals surface area (Å²) in [6.07, 6.45) is 2.11. The molecule has 1 aliphatic rings. The van der Waals surface area contributed by atoms with E-state index in [0.717, 1.165) is 5.56 Å². The van der Waals surface area contributed by atoms with Gasteiger partial charge in [-0.1, -0.05) is 0 Å². The van der Waals surface area contributed by atoms with E-state index in [-0.39, 0.29) is 23.4 Å². The largest absolute Gasteiger partial charge is 0.455 e. The fourth-order valence-electron chi connectivity index (χ4n) is 2.26. The zero-order chi connectivity index (χ0) is 14.9. The van der Waals surface area contributed by atoms with Gasteiger partial charge < -0.3 is 4.42 Å². The van der Waals surface area contributed by atoms with Gasteiger partial charge in [-0.3, -0.25) is 4.99 Å². The van der Waals surface area contributed by atoms with Crippen LogP contribution in [0.2, 0.25) is 0 Å². The summed E-state index contributed by atoms with van der Waals surface area (Å²) in [4.78, 5) is 4.25. The zero-order valence-corrected chi connectivity index (χ0v) is 12.0. The second-order valence-corrected chi connectivity index (χ2v) is 7.27. The molecule has 1 aromatic heterocycles. The van der Waals surface area contributed by atoms with Gasteiger partial charge in [0.05, 0.1) is 23.8 Å². The average molecular weight is 307 g/mol. The van der Waals surface area contributed by atoms with E-state index in [1.54, 1.807) is 30.5 Å². The highest BCUT2D eigenvalue weighted by Gasteiger charge is 2.26. The van der Waals surface area contributed by atoms with Gasteiger partial charge in [-0.2, -0.15) is 0 Å². The van der Waals surface area contributed by atoms with Crippen LogP contribution in [0.1, 0.15) is 12.2 Å². The number of hydrogen-bond donors (Lipinski definition) is 0. The molecule has 0 spiro atoms. The van der Waals surface area contributed by atoms with Crippen LogP contribution in [0.4, 0.5) is 4.39 Å². The fourth-order valence-corrected chi connectivity index (χ4v) is 3.90. The van der Waals surface area contributed by atoms with Crippen LogP contribution in [0, 0.1) is 5.82 Å². The Bertz CT molecular complexity index is 762. The summed E-state index contributed by atoms with van der Waals surface area (Å²) in [6.45, 7) is 0. The number of hydrogen-bond acceptors (Lipinski definition) is 4. The molecule has 0 radical (unpaired) electrons. The Morgan fingerprint density at radius 2 is 1.95 bits per heavy atom. The lowest BCUT2D eigenvalue weighted by Crippen LogP contribution is -2.07. The minimum Gasteiger partial charge on any atom is -0.455 e. The van der Waals surface area contributed by atoms with Gasteiger partial charge in [0.1, 0.15) is 17.3 Å². The number of benzene rings is 1. The predicted octanol–water partition coefficient (Wildman–Crippen LogP) is 2.69. The third-order valence-electron chi connectivity index (χ3n) is 3.38. The van der Waals surface area contributed by atoms with Crippen molar-refractivity contribution in [1.82, 2.24) is 0 Å². The standard InChI is InChI=1S/C15H14FNO3S/c16-12-3-1-11(2-4-12)15-6-5-14(20-15)9-17-13-7-8-21(18,19)10-13/h1-6,9,13H,7-8,10H2/t13-/m1/s1. The first-order chi connectivity index (χ1) is 10.0. The van der Waals surface area contributed by atoms with Crippen molar-refractivity contribution in [3.05, 3.63) is 48.0 Å². The van der Waals surface area contributed by atoms with Crippen LogP contribution in [0.25, 0.3) is 11.3 Å². The van der Waals surface area contributed by atoms with E-state index in [9.17, 15) is 12.8 Å². The Balaban J connectivity index is 1.72. The lowest BCUT2D eigenvalue weighted by Gasteiger charge is -1.98. The summed E-state index contributed by atoms with van der Waals surface area (Å²) in [5.41, 5.74) is 0.777. The highest BCUT2D eigenvalue weighted by atomic mass is 32.2. The number of sulfone groups is 1. The molecule has 1 atom stereocenters. The van der Waals surface area contributed by atoms with Gasteiger partial charge in [0.25, 0.3) is 0 Å². The van der Waals surface area contributed by atoms with Crippen LogP contribution >= 0.6 is 0 Å². The number of aliphatic imine (C=N–C) groups is 1. The van der Waals surface area contributed by atoms with Crippen LogP contribution in [0.15, 0.2) is 45.8 Å². The molecule has 4 nitrogen and oxygen atoms in total. The van der Waals surface area contributed by atoms with Crippen LogP contribution in [-0.2, 0) is 9.84 Å². The molecule has 0 saturated carbocycles. The van der Waals surface area contributed by atoms with E-state index in [1.165, 1.54) is 12.1 Å². The van der Waals surface area contributed by atoms with E-state index >= 15 is 0 Å². The monoisotopic (exact) mass is 307 g/mol. The molecule has 3 rings (SSSR count).